The van der Waals surface area contributed by atoms with Crippen LogP contribution in [0.15, 0.2) is 39.5 Å². The first kappa shape index (κ1) is 13.1. The molecule has 0 saturated carbocycles. The maximum absolute atomic E-state index is 5.23. The lowest BCUT2D eigenvalue weighted by atomic mass is 10.1. The molecule has 0 amide bonds. The first-order valence-corrected chi connectivity index (χ1v) is 7.84. The van der Waals surface area contributed by atoms with Gasteiger partial charge in [-0.2, -0.15) is 11.3 Å². The van der Waals surface area contributed by atoms with Gasteiger partial charge in [0, 0.05) is 4.83 Å². The van der Waals surface area contributed by atoms with Crippen molar-refractivity contribution in [2.45, 2.75) is 11.2 Å². The van der Waals surface area contributed by atoms with Gasteiger partial charge in [0.15, 0.2) is 0 Å². The smallest absolute Gasteiger partial charge is 0.133 e. The molecule has 0 fully saturated rings. The van der Waals surface area contributed by atoms with Crippen LogP contribution in [0.1, 0.15) is 16.0 Å². The van der Waals surface area contributed by atoms with E-state index in [1.165, 1.54) is 11.1 Å². The van der Waals surface area contributed by atoms with E-state index in [9.17, 15) is 0 Å². The maximum atomic E-state index is 5.23. The van der Waals surface area contributed by atoms with Gasteiger partial charge in [0.25, 0.3) is 0 Å². The van der Waals surface area contributed by atoms with E-state index in [0.29, 0.717) is 4.83 Å². The fourth-order valence-corrected chi connectivity index (χ4v) is 3.51. The van der Waals surface area contributed by atoms with Gasteiger partial charge in [-0.3, -0.25) is 0 Å². The van der Waals surface area contributed by atoms with E-state index in [1.54, 1.807) is 18.4 Å². The van der Waals surface area contributed by atoms with Gasteiger partial charge in [-0.1, -0.05) is 22.0 Å². The Balaban J connectivity index is 2.14. The van der Waals surface area contributed by atoms with Gasteiger partial charge in [0.2, 0.25) is 0 Å². The Hall–Kier alpha value is -0.320. The average molecular weight is 376 g/mol. The number of benzene rings is 1. The van der Waals surface area contributed by atoms with Crippen molar-refractivity contribution in [1.29, 1.82) is 0 Å². The van der Waals surface area contributed by atoms with Gasteiger partial charge >= 0.3 is 0 Å². The van der Waals surface area contributed by atoms with Gasteiger partial charge in [-0.15, -0.1) is 0 Å². The van der Waals surface area contributed by atoms with Crippen molar-refractivity contribution in [2.24, 2.45) is 0 Å². The molecule has 0 aliphatic rings. The van der Waals surface area contributed by atoms with Crippen LogP contribution < -0.4 is 4.74 Å². The minimum absolute atomic E-state index is 0.333. The van der Waals surface area contributed by atoms with E-state index in [0.717, 1.165) is 16.6 Å². The Morgan fingerprint density at radius 2 is 2.18 bits per heavy atom. The number of thiophene rings is 1. The Morgan fingerprint density at radius 3 is 2.76 bits per heavy atom. The third-order valence-electron chi connectivity index (χ3n) is 2.53. The zero-order valence-corrected chi connectivity index (χ0v) is 13.3. The van der Waals surface area contributed by atoms with Gasteiger partial charge in [-0.25, -0.2) is 0 Å². The largest absolute Gasteiger partial charge is 0.496 e. The second-order valence-electron chi connectivity index (χ2n) is 3.70. The van der Waals surface area contributed by atoms with Crippen LogP contribution >= 0.6 is 43.2 Å². The van der Waals surface area contributed by atoms with Crippen molar-refractivity contribution in [3.05, 3.63) is 50.6 Å². The summed E-state index contributed by atoms with van der Waals surface area (Å²) in [5.41, 5.74) is 2.62. The minimum Gasteiger partial charge on any atom is -0.496 e. The van der Waals surface area contributed by atoms with Crippen LogP contribution in [-0.2, 0) is 6.42 Å². The number of alkyl halides is 1. The topological polar surface area (TPSA) is 9.23 Å². The van der Waals surface area contributed by atoms with Crippen molar-refractivity contribution >= 4 is 43.2 Å². The molecule has 0 aliphatic carbocycles. The Labute approximate surface area is 122 Å². The molecule has 17 heavy (non-hydrogen) atoms. The summed E-state index contributed by atoms with van der Waals surface area (Å²) in [6.45, 7) is 0. The molecule has 1 aromatic heterocycles. The van der Waals surface area contributed by atoms with Crippen molar-refractivity contribution in [3.8, 4) is 5.75 Å². The van der Waals surface area contributed by atoms with Crippen molar-refractivity contribution in [3.63, 3.8) is 0 Å². The predicted molar refractivity (Wildman–Crippen MR) is 80.4 cm³/mol. The number of ether oxygens (including phenoxy) is 1. The molecule has 0 radical (unpaired) electrons. The highest BCUT2D eigenvalue weighted by Gasteiger charge is 2.11. The minimum atomic E-state index is 0.333. The van der Waals surface area contributed by atoms with E-state index in [1.807, 2.05) is 6.07 Å². The summed E-state index contributed by atoms with van der Waals surface area (Å²) in [4.78, 5) is 0.333. The second-order valence-corrected chi connectivity index (χ2v) is 6.44. The zero-order valence-electron chi connectivity index (χ0n) is 9.32. The van der Waals surface area contributed by atoms with Crippen LogP contribution in [0.2, 0.25) is 0 Å². The summed E-state index contributed by atoms with van der Waals surface area (Å²) in [5, 5.41) is 4.30. The first-order valence-electron chi connectivity index (χ1n) is 5.19. The standard InChI is InChI=1S/C13H12Br2OS/c1-16-13-3-2-10(7-12(13)15)11(14)6-9-4-5-17-8-9/h2-5,7-8,11H,6H2,1H3. The monoisotopic (exact) mass is 374 g/mol. The third kappa shape index (κ3) is 3.33. The van der Waals surface area contributed by atoms with Crippen LogP contribution in [0, 0.1) is 0 Å². The highest BCUT2D eigenvalue weighted by Crippen LogP contribution is 2.33. The average Bonchev–Trinajstić information content (AvgIpc) is 2.81. The highest BCUT2D eigenvalue weighted by molar-refractivity contribution is 9.10. The van der Waals surface area contributed by atoms with E-state index in [2.05, 4.69) is 60.8 Å². The molecule has 2 aromatic rings. The van der Waals surface area contributed by atoms with Crippen LogP contribution in [0.4, 0.5) is 0 Å². The Kier molecular flexibility index (Phi) is 4.65. The molecular weight excluding hydrogens is 364 g/mol. The van der Waals surface area contributed by atoms with E-state index < -0.39 is 0 Å². The molecule has 1 atom stereocenters. The lowest BCUT2D eigenvalue weighted by molar-refractivity contribution is 0.412. The maximum Gasteiger partial charge on any atom is 0.133 e. The zero-order chi connectivity index (χ0) is 12.3. The number of methoxy groups -OCH3 is 1. The molecule has 1 unspecified atom stereocenters. The summed E-state index contributed by atoms with van der Waals surface area (Å²) in [7, 11) is 1.68. The molecule has 0 N–H and O–H groups in total. The molecule has 1 aromatic carbocycles. The quantitative estimate of drug-likeness (QED) is 0.667. The lowest BCUT2D eigenvalue weighted by Crippen LogP contribution is -1.95. The molecule has 0 spiro atoms. The molecule has 4 heteroatoms. The van der Waals surface area contributed by atoms with Crippen molar-refractivity contribution < 1.29 is 4.74 Å². The molecule has 1 heterocycles. The van der Waals surface area contributed by atoms with Crippen molar-refractivity contribution in [2.75, 3.05) is 7.11 Å². The number of rotatable bonds is 4. The molecule has 0 bridgehead atoms. The van der Waals surface area contributed by atoms with Gasteiger partial charge < -0.3 is 4.74 Å². The van der Waals surface area contributed by atoms with Gasteiger partial charge in [0.1, 0.15) is 5.75 Å². The summed E-state index contributed by atoms with van der Waals surface area (Å²) in [5.74, 6) is 0.865. The predicted octanol–water partition coefficient (Wildman–Crippen LogP) is 5.20. The molecule has 90 valence electrons. The fourth-order valence-electron chi connectivity index (χ4n) is 1.61. The molecule has 0 saturated heterocycles. The van der Waals surface area contributed by atoms with Crippen molar-refractivity contribution in [1.82, 2.24) is 0 Å². The molecule has 0 aliphatic heterocycles. The normalized spacial score (nSPS) is 12.4. The summed E-state index contributed by atoms with van der Waals surface area (Å²) in [6, 6.07) is 8.35. The number of halogens is 2. The number of hydrogen-bond donors (Lipinski definition) is 0. The van der Waals surface area contributed by atoms with E-state index in [4.69, 9.17) is 4.74 Å². The van der Waals surface area contributed by atoms with Crippen LogP contribution in [0.5, 0.6) is 5.75 Å². The van der Waals surface area contributed by atoms with E-state index >= 15 is 0 Å². The second kappa shape index (κ2) is 6.03. The third-order valence-corrected chi connectivity index (χ3v) is 4.74. The summed E-state index contributed by atoms with van der Waals surface area (Å²) < 4.78 is 6.22. The van der Waals surface area contributed by atoms with Gasteiger partial charge in [0.05, 0.1) is 11.6 Å². The van der Waals surface area contributed by atoms with Crippen LogP contribution in [0.25, 0.3) is 0 Å². The summed E-state index contributed by atoms with van der Waals surface area (Å²) >= 11 is 8.98. The lowest BCUT2D eigenvalue weighted by Gasteiger charge is -2.11. The molecule has 1 nitrogen and oxygen atoms in total. The SMILES string of the molecule is COc1ccc(C(Br)Cc2ccsc2)cc1Br. The first-order chi connectivity index (χ1) is 8.20. The Morgan fingerprint density at radius 1 is 1.35 bits per heavy atom. The van der Waals surface area contributed by atoms with Gasteiger partial charge in [-0.05, 0) is 62.4 Å². The Bertz CT molecular complexity index is 482. The fraction of sp³-hybridized carbons (Fsp3) is 0.231. The molecular formula is C13H12Br2OS. The summed E-state index contributed by atoms with van der Waals surface area (Å²) in [6.07, 6.45) is 1.00. The van der Waals surface area contributed by atoms with Crippen LogP contribution in [0.3, 0.4) is 0 Å². The van der Waals surface area contributed by atoms with E-state index in [-0.39, 0.29) is 0 Å². The molecule has 2 rings (SSSR count). The van der Waals surface area contributed by atoms with Crippen LogP contribution in [-0.4, -0.2) is 7.11 Å². The highest BCUT2D eigenvalue weighted by atomic mass is 79.9. The number of hydrogen-bond acceptors (Lipinski definition) is 2.